The maximum Gasteiger partial charge on any atom is 0.224 e. The van der Waals surface area contributed by atoms with Crippen molar-refractivity contribution in [2.45, 2.75) is 39.7 Å². The highest BCUT2D eigenvalue weighted by atomic mass is 16.3. The Kier molecular flexibility index (Phi) is 5.34. The number of aliphatic hydroxyl groups is 1. The normalized spacial score (nSPS) is 14.3. The number of rotatable bonds is 7. The van der Waals surface area contributed by atoms with Crippen LogP contribution in [-0.2, 0) is 0 Å². The molecule has 0 radical (unpaired) electrons. The van der Waals surface area contributed by atoms with Gasteiger partial charge in [0.1, 0.15) is 5.82 Å². The van der Waals surface area contributed by atoms with Crippen LogP contribution in [-0.4, -0.2) is 33.8 Å². The predicted molar refractivity (Wildman–Crippen MR) is 74.8 cm³/mol. The van der Waals surface area contributed by atoms with Gasteiger partial charge in [-0.15, -0.1) is 0 Å². The Morgan fingerprint density at radius 2 is 2.11 bits per heavy atom. The van der Waals surface area contributed by atoms with Crippen molar-refractivity contribution in [2.24, 2.45) is 5.92 Å². The molecule has 1 aromatic rings. The van der Waals surface area contributed by atoms with Crippen molar-refractivity contribution >= 4 is 11.8 Å². The molecule has 0 saturated carbocycles. The highest BCUT2D eigenvalue weighted by Crippen LogP contribution is 2.17. The number of nitrogens with zero attached hydrogens (tertiary/aromatic N) is 2. The van der Waals surface area contributed by atoms with Gasteiger partial charge in [-0.25, -0.2) is 4.98 Å². The van der Waals surface area contributed by atoms with E-state index in [0.717, 1.165) is 18.8 Å². The quantitative estimate of drug-likeness (QED) is 0.693. The second-order valence-corrected chi connectivity index (χ2v) is 5.24. The van der Waals surface area contributed by atoms with E-state index in [2.05, 4.69) is 34.4 Å². The summed E-state index contributed by atoms with van der Waals surface area (Å²) >= 11 is 0. The van der Waals surface area contributed by atoms with Gasteiger partial charge in [0.05, 0.1) is 5.60 Å². The third-order valence-electron chi connectivity index (χ3n) is 2.49. The molecule has 1 aromatic heterocycles. The van der Waals surface area contributed by atoms with E-state index in [1.54, 1.807) is 12.3 Å². The van der Waals surface area contributed by atoms with Gasteiger partial charge >= 0.3 is 0 Å². The Balaban J connectivity index is 2.54. The van der Waals surface area contributed by atoms with E-state index in [9.17, 15) is 5.11 Å². The van der Waals surface area contributed by atoms with Crippen molar-refractivity contribution < 1.29 is 5.11 Å². The molecule has 0 aliphatic rings. The number of aromatic nitrogens is 2. The van der Waals surface area contributed by atoms with E-state index in [1.165, 1.54) is 0 Å². The zero-order chi connectivity index (χ0) is 13.6. The second-order valence-electron chi connectivity index (χ2n) is 5.24. The zero-order valence-corrected chi connectivity index (χ0v) is 11.7. The molecule has 3 N–H and O–H groups in total. The first-order chi connectivity index (χ1) is 8.43. The maximum absolute atomic E-state index is 10.2. The van der Waals surface area contributed by atoms with Gasteiger partial charge in [-0.1, -0.05) is 13.8 Å². The van der Waals surface area contributed by atoms with Gasteiger partial charge in [-0.3, -0.25) is 0 Å². The number of hydrogen-bond donors (Lipinski definition) is 3. The Labute approximate surface area is 109 Å². The SMILES string of the molecule is CCNc1nccc(NCC(C)(O)CC(C)C)n1. The third-order valence-corrected chi connectivity index (χ3v) is 2.49. The minimum Gasteiger partial charge on any atom is -0.388 e. The van der Waals surface area contributed by atoms with Gasteiger partial charge in [0, 0.05) is 19.3 Å². The van der Waals surface area contributed by atoms with Gasteiger partial charge in [-0.05, 0) is 32.3 Å². The average molecular weight is 252 g/mol. The molecule has 5 heteroatoms. The number of nitrogens with one attached hydrogen (secondary N) is 2. The summed E-state index contributed by atoms with van der Waals surface area (Å²) in [6.07, 6.45) is 2.45. The van der Waals surface area contributed by atoms with Crippen molar-refractivity contribution in [3.8, 4) is 0 Å². The van der Waals surface area contributed by atoms with Gasteiger partial charge in [0.25, 0.3) is 0 Å². The van der Waals surface area contributed by atoms with E-state index < -0.39 is 5.60 Å². The van der Waals surface area contributed by atoms with Crippen LogP contribution in [0.1, 0.15) is 34.1 Å². The summed E-state index contributed by atoms with van der Waals surface area (Å²) in [6, 6.07) is 1.80. The molecule has 0 saturated heterocycles. The third kappa shape index (κ3) is 5.31. The summed E-state index contributed by atoms with van der Waals surface area (Å²) in [6.45, 7) is 9.30. The predicted octanol–water partition coefficient (Wildman–Crippen LogP) is 2.12. The van der Waals surface area contributed by atoms with Crippen LogP contribution in [0, 0.1) is 5.92 Å². The minimum atomic E-state index is -0.725. The molecule has 0 bridgehead atoms. The van der Waals surface area contributed by atoms with Crippen LogP contribution < -0.4 is 10.6 Å². The molecule has 1 unspecified atom stereocenters. The minimum absolute atomic E-state index is 0.463. The molecule has 0 aliphatic heterocycles. The fourth-order valence-electron chi connectivity index (χ4n) is 1.93. The first-order valence-corrected chi connectivity index (χ1v) is 6.46. The van der Waals surface area contributed by atoms with Gasteiger partial charge in [0.15, 0.2) is 0 Å². The first kappa shape index (κ1) is 14.7. The molecular formula is C13H24N4O. The average Bonchev–Trinajstić information content (AvgIpc) is 2.26. The van der Waals surface area contributed by atoms with Gasteiger partial charge in [-0.2, -0.15) is 4.98 Å². The van der Waals surface area contributed by atoms with Crippen LogP contribution in [0.2, 0.25) is 0 Å². The highest BCUT2D eigenvalue weighted by Gasteiger charge is 2.21. The van der Waals surface area contributed by atoms with Crippen LogP contribution in [0.3, 0.4) is 0 Å². The van der Waals surface area contributed by atoms with Crippen molar-refractivity contribution in [3.05, 3.63) is 12.3 Å². The largest absolute Gasteiger partial charge is 0.388 e. The monoisotopic (exact) mass is 252 g/mol. The van der Waals surface area contributed by atoms with E-state index in [0.29, 0.717) is 18.4 Å². The molecule has 0 aliphatic carbocycles. The fraction of sp³-hybridized carbons (Fsp3) is 0.692. The summed E-state index contributed by atoms with van der Waals surface area (Å²) in [5, 5.41) is 16.4. The number of hydrogen-bond acceptors (Lipinski definition) is 5. The second kappa shape index (κ2) is 6.54. The molecule has 102 valence electrons. The summed E-state index contributed by atoms with van der Waals surface area (Å²) in [5.74, 6) is 1.79. The Hall–Kier alpha value is -1.36. The zero-order valence-electron chi connectivity index (χ0n) is 11.7. The summed E-state index contributed by atoms with van der Waals surface area (Å²) in [4.78, 5) is 8.40. The Morgan fingerprint density at radius 3 is 2.72 bits per heavy atom. The Morgan fingerprint density at radius 1 is 1.39 bits per heavy atom. The van der Waals surface area contributed by atoms with Crippen LogP contribution in [0.5, 0.6) is 0 Å². The van der Waals surface area contributed by atoms with Crippen molar-refractivity contribution in [1.29, 1.82) is 0 Å². The highest BCUT2D eigenvalue weighted by molar-refractivity contribution is 5.39. The lowest BCUT2D eigenvalue weighted by Gasteiger charge is -2.25. The van der Waals surface area contributed by atoms with Crippen molar-refractivity contribution in [2.75, 3.05) is 23.7 Å². The summed E-state index contributed by atoms with van der Waals surface area (Å²) in [7, 11) is 0. The van der Waals surface area contributed by atoms with E-state index >= 15 is 0 Å². The topological polar surface area (TPSA) is 70.1 Å². The van der Waals surface area contributed by atoms with Gasteiger partial charge in [0.2, 0.25) is 5.95 Å². The molecular weight excluding hydrogens is 228 g/mol. The van der Waals surface area contributed by atoms with Crippen molar-refractivity contribution in [3.63, 3.8) is 0 Å². The van der Waals surface area contributed by atoms with Crippen LogP contribution in [0.4, 0.5) is 11.8 Å². The molecule has 18 heavy (non-hydrogen) atoms. The summed E-state index contributed by atoms with van der Waals surface area (Å²) < 4.78 is 0. The lowest BCUT2D eigenvalue weighted by Crippen LogP contribution is -2.35. The molecule has 1 heterocycles. The van der Waals surface area contributed by atoms with Gasteiger partial charge < -0.3 is 15.7 Å². The summed E-state index contributed by atoms with van der Waals surface area (Å²) in [5.41, 5.74) is -0.725. The lowest BCUT2D eigenvalue weighted by molar-refractivity contribution is 0.0515. The van der Waals surface area contributed by atoms with Crippen molar-refractivity contribution in [1.82, 2.24) is 9.97 Å². The molecule has 5 nitrogen and oxygen atoms in total. The maximum atomic E-state index is 10.2. The molecule has 1 atom stereocenters. The smallest absolute Gasteiger partial charge is 0.224 e. The van der Waals surface area contributed by atoms with E-state index in [-0.39, 0.29) is 0 Å². The van der Waals surface area contributed by atoms with Crippen LogP contribution in [0.25, 0.3) is 0 Å². The number of anilines is 2. The molecule has 1 rings (SSSR count). The Bertz CT molecular complexity index is 366. The molecule has 0 fully saturated rings. The fourth-order valence-corrected chi connectivity index (χ4v) is 1.93. The van der Waals surface area contributed by atoms with Crippen LogP contribution in [0.15, 0.2) is 12.3 Å². The van der Waals surface area contributed by atoms with E-state index in [1.807, 2.05) is 13.8 Å². The standard InChI is InChI=1S/C13H24N4O/c1-5-14-12-15-7-6-11(17-12)16-9-13(4,18)8-10(2)3/h6-7,10,18H,5,8-9H2,1-4H3,(H2,14,15,16,17). The lowest BCUT2D eigenvalue weighted by atomic mass is 9.94. The molecule has 0 aromatic carbocycles. The first-order valence-electron chi connectivity index (χ1n) is 6.46. The van der Waals surface area contributed by atoms with E-state index in [4.69, 9.17) is 0 Å². The molecule has 0 amide bonds. The van der Waals surface area contributed by atoms with Crippen LogP contribution >= 0.6 is 0 Å². The molecule has 0 spiro atoms.